The maximum atomic E-state index is 5.36. The van der Waals surface area contributed by atoms with Crippen molar-refractivity contribution in [3.63, 3.8) is 0 Å². The third-order valence-electron chi connectivity index (χ3n) is 3.57. The minimum absolute atomic E-state index is 0. The van der Waals surface area contributed by atoms with E-state index >= 15 is 0 Å². The van der Waals surface area contributed by atoms with Crippen LogP contribution in [-0.2, 0) is 4.74 Å². The van der Waals surface area contributed by atoms with Gasteiger partial charge in [-0.25, -0.2) is 0 Å². The van der Waals surface area contributed by atoms with Gasteiger partial charge in [0, 0.05) is 0 Å². The van der Waals surface area contributed by atoms with Crippen LogP contribution in [0.2, 0.25) is 0 Å². The first kappa shape index (κ1) is 15.2. The summed E-state index contributed by atoms with van der Waals surface area (Å²) in [6.45, 7) is 13.0. The summed E-state index contributed by atoms with van der Waals surface area (Å²) in [6, 6.07) is 0. The lowest BCUT2D eigenvalue weighted by Gasteiger charge is -2.36. The molecule has 3 heteroatoms. The Bertz CT molecular complexity index is 156. The molecule has 0 spiro atoms. The maximum Gasteiger partial charge on any atom is 0.130 e. The number of nitrogens with zero attached hydrogens (tertiary/aromatic N) is 1. The Morgan fingerprint density at radius 2 is 1.73 bits per heavy atom. The summed E-state index contributed by atoms with van der Waals surface area (Å²) in [4.78, 5) is 0. The Morgan fingerprint density at radius 3 is 2.13 bits per heavy atom. The average Bonchev–Trinajstić information content (AvgIpc) is 3.00. The van der Waals surface area contributed by atoms with E-state index < -0.39 is 0 Å². The normalized spacial score (nSPS) is 19.8. The van der Waals surface area contributed by atoms with E-state index in [-0.39, 0.29) is 12.4 Å². The molecule has 92 valence electrons. The zero-order valence-corrected chi connectivity index (χ0v) is 11.2. The molecule has 0 aromatic carbocycles. The number of epoxide rings is 1. The van der Waals surface area contributed by atoms with Crippen LogP contribution in [0.5, 0.6) is 0 Å². The van der Waals surface area contributed by atoms with Gasteiger partial charge in [0.2, 0.25) is 0 Å². The molecule has 2 nitrogen and oxygen atoms in total. The third kappa shape index (κ3) is 5.19. The number of ether oxygens (including phenoxy) is 1. The molecule has 1 atom stereocenters. The summed E-state index contributed by atoms with van der Waals surface area (Å²) < 4.78 is 6.63. The van der Waals surface area contributed by atoms with Crippen molar-refractivity contribution >= 4 is 0 Å². The van der Waals surface area contributed by atoms with E-state index in [2.05, 4.69) is 20.8 Å². The van der Waals surface area contributed by atoms with Gasteiger partial charge in [0.25, 0.3) is 0 Å². The summed E-state index contributed by atoms with van der Waals surface area (Å²) in [7, 11) is 0. The summed E-state index contributed by atoms with van der Waals surface area (Å²) in [6.07, 6.45) is 4.67. The van der Waals surface area contributed by atoms with Gasteiger partial charge < -0.3 is 21.6 Å². The number of hydrogen-bond donors (Lipinski definition) is 0. The number of rotatable bonds is 8. The quantitative estimate of drug-likeness (QED) is 0.312. The fourth-order valence-corrected chi connectivity index (χ4v) is 2.19. The van der Waals surface area contributed by atoms with Crippen molar-refractivity contribution < 1.29 is 21.6 Å². The van der Waals surface area contributed by atoms with Crippen LogP contribution in [0.15, 0.2) is 0 Å². The van der Waals surface area contributed by atoms with Gasteiger partial charge in [-0.3, -0.25) is 0 Å². The van der Waals surface area contributed by atoms with Gasteiger partial charge in [0.15, 0.2) is 0 Å². The predicted octanol–water partition coefficient (Wildman–Crippen LogP) is -0.564. The van der Waals surface area contributed by atoms with Gasteiger partial charge in [-0.2, -0.15) is 0 Å². The first-order valence-electron chi connectivity index (χ1n) is 6.23. The smallest absolute Gasteiger partial charge is 0.130 e. The van der Waals surface area contributed by atoms with Crippen molar-refractivity contribution in [2.75, 3.05) is 32.8 Å². The van der Waals surface area contributed by atoms with Gasteiger partial charge in [-0.05, 0) is 26.7 Å². The van der Waals surface area contributed by atoms with Crippen LogP contribution in [-0.4, -0.2) is 43.4 Å². The lowest BCUT2D eigenvalue weighted by molar-refractivity contribution is -0.925. The molecule has 0 amide bonds. The third-order valence-corrected chi connectivity index (χ3v) is 3.57. The highest BCUT2D eigenvalue weighted by atomic mass is 35.5. The van der Waals surface area contributed by atoms with Gasteiger partial charge in [0.05, 0.1) is 26.2 Å². The zero-order valence-electron chi connectivity index (χ0n) is 10.5. The molecule has 15 heavy (non-hydrogen) atoms. The van der Waals surface area contributed by atoms with Gasteiger partial charge in [-0.15, -0.1) is 0 Å². The second kappa shape index (κ2) is 7.48. The molecule has 0 saturated carbocycles. The first-order chi connectivity index (χ1) is 6.76. The van der Waals surface area contributed by atoms with Crippen molar-refractivity contribution in [1.29, 1.82) is 0 Å². The number of quaternary nitrogens is 1. The van der Waals surface area contributed by atoms with E-state index in [4.69, 9.17) is 4.74 Å². The van der Waals surface area contributed by atoms with E-state index in [1.807, 2.05) is 0 Å². The molecule has 0 aliphatic carbocycles. The van der Waals surface area contributed by atoms with Crippen LogP contribution in [0.3, 0.4) is 0 Å². The topological polar surface area (TPSA) is 12.5 Å². The minimum Gasteiger partial charge on any atom is -1.00 e. The van der Waals surface area contributed by atoms with Crippen molar-refractivity contribution in [3.8, 4) is 0 Å². The Hall–Kier alpha value is 0.210. The van der Waals surface area contributed by atoms with Crippen molar-refractivity contribution in [1.82, 2.24) is 0 Å². The van der Waals surface area contributed by atoms with Crippen LogP contribution in [0.1, 0.15) is 40.0 Å². The van der Waals surface area contributed by atoms with E-state index in [0.717, 1.165) is 6.61 Å². The lowest BCUT2D eigenvalue weighted by atomic mass is 10.2. The Balaban J connectivity index is 0.00000196. The van der Waals surface area contributed by atoms with E-state index in [0.29, 0.717) is 6.10 Å². The molecule has 1 aliphatic heterocycles. The molecule has 1 fully saturated rings. The maximum absolute atomic E-state index is 5.36. The second-order valence-electron chi connectivity index (χ2n) is 4.54. The van der Waals surface area contributed by atoms with Crippen molar-refractivity contribution in [3.05, 3.63) is 0 Å². The van der Waals surface area contributed by atoms with Crippen LogP contribution in [0.25, 0.3) is 0 Å². The fourth-order valence-electron chi connectivity index (χ4n) is 2.19. The SMILES string of the molecule is CCCCC[N+](CC)(CC)CC1CO1.[Cl-]. The van der Waals surface area contributed by atoms with Crippen molar-refractivity contribution in [2.24, 2.45) is 0 Å². The average molecular weight is 236 g/mol. The standard InChI is InChI=1S/C12H26NO.ClH/c1-4-7-8-9-13(5-2,6-3)10-12-11-14-12;/h12H,4-11H2,1-3H3;1H/q+1;/p-1. The molecule has 0 radical (unpaired) electrons. The van der Waals surface area contributed by atoms with Crippen LogP contribution in [0.4, 0.5) is 0 Å². The highest BCUT2D eigenvalue weighted by molar-refractivity contribution is 4.68. The Labute approximate surface area is 101 Å². The number of unbranched alkanes of at least 4 members (excludes halogenated alkanes) is 2. The first-order valence-corrected chi connectivity index (χ1v) is 6.23. The van der Waals surface area contributed by atoms with Crippen LogP contribution in [0, 0.1) is 0 Å². The van der Waals surface area contributed by atoms with E-state index in [9.17, 15) is 0 Å². The molecule has 0 bridgehead atoms. The fraction of sp³-hybridized carbons (Fsp3) is 1.00. The zero-order chi connectivity index (χ0) is 10.4. The van der Waals surface area contributed by atoms with Gasteiger partial charge in [-0.1, -0.05) is 13.3 Å². The second-order valence-corrected chi connectivity index (χ2v) is 4.54. The molecule has 1 heterocycles. The number of halogens is 1. The monoisotopic (exact) mass is 235 g/mol. The molecule has 1 aliphatic rings. The predicted molar refractivity (Wildman–Crippen MR) is 60.3 cm³/mol. The molecular weight excluding hydrogens is 210 g/mol. The Kier molecular flexibility index (Phi) is 7.58. The summed E-state index contributed by atoms with van der Waals surface area (Å²) in [5.41, 5.74) is 0. The van der Waals surface area contributed by atoms with Crippen LogP contribution >= 0.6 is 0 Å². The Morgan fingerprint density at radius 1 is 1.13 bits per heavy atom. The summed E-state index contributed by atoms with van der Waals surface area (Å²) in [5.74, 6) is 0. The summed E-state index contributed by atoms with van der Waals surface area (Å²) in [5, 5.41) is 0. The highest BCUT2D eigenvalue weighted by Crippen LogP contribution is 2.18. The molecule has 0 aromatic heterocycles. The number of likely N-dealkylation sites (N-methyl/N-ethyl adjacent to an activating group) is 1. The van der Waals surface area contributed by atoms with Crippen molar-refractivity contribution in [2.45, 2.75) is 46.1 Å². The number of hydrogen-bond acceptors (Lipinski definition) is 1. The highest BCUT2D eigenvalue weighted by Gasteiger charge is 2.34. The molecule has 1 rings (SSSR count). The lowest BCUT2D eigenvalue weighted by Crippen LogP contribution is -3.00. The molecule has 0 N–H and O–H groups in total. The molecule has 0 aromatic rings. The summed E-state index contributed by atoms with van der Waals surface area (Å²) >= 11 is 0. The molecular formula is C12H26ClNO. The largest absolute Gasteiger partial charge is 1.00 e. The van der Waals surface area contributed by atoms with E-state index in [1.165, 1.54) is 49.9 Å². The minimum atomic E-state index is 0. The molecule has 1 saturated heterocycles. The van der Waals surface area contributed by atoms with Crippen LogP contribution < -0.4 is 12.4 Å². The van der Waals surface area contributed by atoms with Gasteiger partial charge >= 0.3 is 0 Å². The van der Waals surface area contributed by atoms with Gasteiger partial charge in [0.1, 0.15) is 12.6 Å². The van der Waals surface area contributed by atoms with E-state index in [1.54, 1.807) is 0 Å². The molecule has 1 unspecified atom stereocenters.